The van der Waals surface area contributed by atoms with E-state index in [1.165, 1.54) is 95.5 Å². The summed E-state index contributed by atoms with van der Waals surface area (Å²) in [6.07, 6.45) is 20.8. The van der Waals surface area contributed by atoms with Gasteiger partial charge in [0.1, 0.15) is 0 Å². The van der Waals surface area contributed by atoms with Crippen molar-refractivity contribution in [3.05, 3.63) is 35.4 Å². The number of nitriles is 1. The maximum absolute atomic E-state index is 8.98. The Bertz CT molecular complexity index is 603. The lowest BCUT2D eigenvalue weighted by atomic mass is 9.68. The van der Waals surface area contributed by atoms with Crippen LogP contribution in [-0.4, -0.2) is 0 Å². The molecule has 3 aliphatic rings. The number of nitrogens with zero attached hydrogens (tertiary/aromatic N) is 1. The summed E-state index contributed by atoms with van der Waals surface area (Å²) in [6.45, 7) is 0. The minimum atomic E-state index is 0.733. The molecule has 0 atom stereocenters. The lowest BCUT2D eigenvalue weighted by molar-refractivity contribution is 0.153. The van der Waals surface area contributed by atoms with Gasteiger partial charge >= 0.3 is 0 Å². The second kappa shape index (κ2) is 9.27. The van der Waals surface area contributed by atoms with Gasteiger partial charge in [0, 0.05) is 0 Å². The summed E-state index contributed by atoms with van der Waals surface area (Å²) in [5.41, 5.74) is 2.25. The van der Waals surface area contributed by atoms with Crippen molar-refractivity contribution in [2.24, 2.45) is 23.7 Å². The molecule has 0 N–H and O–H groups in total. The molecule has 0 amide bonds. The van der Waals surface area contributed by atoms with E-state index in [0.717, 1.165) is 35.2 Å². The van der Waals surface area contributed by atoms with E-state index in [2.05, 4.69) is 18.2 Å². The summed E-state index contributed by atoms with van der Waals surface area (Å²) < 4.78 is 0. The summed E-state index contributed by atoms with van der Waals surface area (Å²) in [5, 5.41) is 8.98. The van der Waals surface area contributed by atoms with E-state index in [-0.39, 0.29) is 0 Å². The Morgan fingerprint density at radius 3 is 1.74 bits per heavy atom. The van der Waals surface area contributed by atoms with E-state index in [1.54, 1.807) is 0 Å². The lowest BCUT2D eigenvalue weighted by Crippen LogP contribution is -2.25. The first-order valence-corrected chi connectivity index (χ1v) is 11.8. The van der Waals surface area contributed by atoms with Crippen LogP contribution in [-0.2, 0) is 0 Å². The van der Waals surface area contributed by atoms with Gasteiger partial charge in [-0.15, -0.1) is 0 Å². The topological polar surface area (TPSA) is 23.8 Å². The maximum atomic E-state index is 8.98. The molecule has 27 heavy (non-hydrogen) atoms. The van der Waals surface area contributed by atoms with Crippen LogP contribution in [0.2, 0.25) is 0 Å². The number of benzene rings is 1. The van der Waals surface area contributed by atoms with Gasteiger partial charge in [-0.25, -0.2) is 0 Å². The summed E-state index contributed by atoms with van der Waals surface area (Å²) >= 11 is 0. The molecule has 1 aromatic carbocycles. The van der Waals surface area contributed by atoms with Gasteiger partial charge in [0.25, 0.3) is 0 Å². The molecule has 0 aromatic heterocycles. The normalized spacial score (nSPS) is 32.3. The highest BCUT2D eigenvalue weighted by atomic mass is 14.4. The van der Waals surface area contributed by atoms with E-state index < -0.39 is 0 Å². The molecule has 0 saturated heterocycles. The van der Waals surface area contributed by atoms with Crippen LogP contribution in [0.25, 0.3) is 0 Å². The summed E-state index contributed by atoms with van der Waals surface area (Å²) in [6, 6.07) is 10.6. The summed E-state index contributed by atoms with van der Waals surface area (Å²) in [5.74, 6) is 4.89. The van der Waals surface area contributed by atoms with Crippen LogP contribution in [0.15, 0.2) is 24.3 Å². The minimum Gasteiger partial charge on any atom is -0.192 e. The molecule has 0 heterocycles. The van der Waals surface area contributed by atoms with E-state index in [0.29, 0.717) is 0 Å². The van der Waals surface area contributed by atoms with Crippen molar-refractivity contribution in [1.82, 2.24) is 0 Å². The van der Waals surface area contributed by atoms with E-state index in [4.69, 9.17) is 5.26 Å². The van der Waals surface area contributed by atoms with Gasteiger partial charge in [-0.1, -0.05) is 63.5 Å². The van der Waals surface area contributed by atoms with Crippen LogP contribution in [0, 0.1) is 35.0 Å². The van der Waals surface area contributed by atoms with Gasteiger partial charge in [0.2, 0.25) is 0 Å². The zero-order valence-electron chi connectivity index (χ0n) is 17.0. The van der Waals surface area contributed by atoms with Crippen molar-refractivity contribution in [2.75, 3.05) is 0 Å². The molecule has 4 rings (SSSR count). The highest BCUT2D eigenvalue weighted by Gasteiger charge is 2.31. The Balaban J connectivity index is 1.18. The average molecular weight is 364 g/mol. The van der Waals surface area contributed by atoms with E-state index in [1.807, 2.05) is 12.1 Å². The fourth-order valence-electron chi connectivity index (χ4n) is 6.47. The van der Waals surface area contributed by atoms with Gasteiger partial charge in [-0.05, 0) is 85.8 Å². The van der Waals surface area contributed by atoms with Crippen LogP contribution in [0.1, 0.15) is 107 Å². The van der Waals surface area contributed by atoms with Crippen molar-refractivity contribution in [3.63, 3.8) is 0 Å². The fraction of sp³-hybridized carbons (Fsp3) is 0.731. The van der Waals surface area contributed by atoms with Gasteiger partial charge in [-0.2, -0.15) is 5.26 Å². The van der Waals surface area contributed by atoms with Gasteiger partial charge in [0.05, 0.1) is 11.6 Å². The number of hydrogen-bond acceptors (Lipinski definition) is 1. The second-order valence-electron chi connectivity index (χ2n) is 9.85. The van der Waals surface area contributed by atoms with Crippen LogP contribution < -0.4 is 0 Å². The van der Waals surface area contributed by atoms with Crippen molar-refractivity contribution < 1.29 is 0 Å². The monoisotopic (exact) mass is 363 g/mol. The largest absolute Gasteiger partial charge is 0.192 e. The predicted molar refractivity (Wildman–Crippen MR) is 112 cm³/mol. The standard InChI is InChI=1S/C26H37N/c27-19-22-9-13-24(14-10-22)26-17-15-25(16-18-26)23-11-7-21(8-12-23)6-5-20-3-1-2-4-20/h9-10,13-14,20-21,23,25-26H,1-8,11-12,15-18H2. The first-order valence-electron chi connectivity index (χ1n) is 11.8. The zero-order valence-corrected chi connectivity index (χ0v) is 17.0. The molecule has 0 bridgehead atoms. The molecular weight excluding hydrogens is 326 g/mol. The SMILES string of the molecule is N#Cc1ccc(C2CCC(C3CCC(CCC4CCCC4)CC3)CC2)cc1. The maximum Gasteiger partial charge on any atom is 0.0991 e. The highest BCUT2D eigenvalue weighted by molar-refractivity contribution is 5.33. The predicted octanol–water partition coefficient (Wildman–Crippen LogP) is 7.61. The minimum absolute atomic E-state index is 0.733. The Kier molecular flexibility index (Phi) is 6.54. The molecule has 0 radical (unpaired) electrons. The summed E-state index contributed by atoms with van der Waals surface area (Å²) in [7, 11) is 0. The van der Waals surface area contributed by atoms with E-state index >= 15 is 0 Å². The van der Waals surface area contributed by atoms with Gasteiger partial charge < -0.3 is 0 Å². The smallest absolute Gasteiger partial charge is 0.0991 e. The van der Waals surface area contributed by atoms with Crippen molar-refractivity contribution >= 4 is 0 Å². The molecule has 0 aliphatic heterocycles. The fourth-order valence-corrected chi connectivity index (χ4v) is 6.47. The first-order chi connectivity index (χ1) is 13.3. The Morgan fingerprint density at radius 2 is 1.19 bits per heavy atom. The van der Waals surface area contributed by atoms with E-state index in [9.17, 15) is 0 Å². The van der Waals surface area contributed by atoms with Gasteiger partial charge in [0.15, 0.2) is 0 Å². The molecule has 1 heteroatoms. The number of rotatable bonds is 5. The quantitative estimate of drug-likeness (QED) is 0.528. The number of hydrogen-bond donors (Lipinski definition) is 0. The molecule has 1 nitrogen and oxygen atoms in total. The zero-order chi connectivity index (χ0) is 18.5. The van der Waals surface area contributed by atoms with Crippen LogP contribution in [0.4, 0.5) is 0 Å². The third-order valence-electron chi connectivity index (χ3n) is 8.30. The van der Waals surface area contributed by atoms with Crippen LogP contribution in [0.5, 0.6) is 0 Å². The Morgan fingerprint density at radius 1 is 0.667 bits per heavy atom. The van der Waals surface area contributed by atoms with Crippen molar-refractivity contribution in [1.29, 1.82) is 5.26 Å². The molecule has 3 fully saturated rings. The lowest BCUT2D eigenvalue weighted by Gasteiger charge is -2.38. The first kappa shape index (κ1) is 19.0. The average Bonchev–Trinajstić information content (AvgIpc) is 3.27. The van der Waals surface area contributed by atoms with Crippen LogP contribution >= 0.6 is 0 Å². The molecular formula is C26H37N. The third kappa shape index (κ3) is 4.96. The Hall–Kier alpha value is -1.29. The van der Waals surface area contributed by atoms with Crippen molar-refractivity contribution in [2.45, 2.75) is 95.8 Å². The van der Waals surface area contributed by atoms with Gasteiger partial charge in [-0.3, -0.25) is 0 Å². The van der Waals surface area contributed by atoms with Crippen molar-refractivity contribution in [3.8, 4) is 6.07 Å². The molecule has 0 spiro atoms. The van der Waals surface area contributed by atoms with Crippen LogP contribution in [0.3, 0.4) is 0 Å². The molecule has 0 unspecified atom stereocenters. The Labute approximate surface area is 166 Å². The molecule has 146 valence electrons. The molecule has 1 aromatic rings. The third-order valence-corrected chi connectivity index (χ3v) is 8.30. The second-order valence-corrected chi connectivity index (χ2v) is 9.85. The highest BCUT2D eigenvalue weighted by Crippen LogP contribution is 2.45. The molecule has 3 saturated carbocycles. The summed E-state index contributed by atoms with van der Waals surface area (Å²) in [4.78, 5) is 0. The molecule has 3 aliphatic carbocycles.